The van der Waals surface area contributed by atoms with E-state index in [1.807, 2.05) is 0 Å². The number of aromatic hydroxyl groups is 1. The summed E-state index contributed by atoms with van der Waals surface area (Å²) in [6.07, 6.45) is 0.668. The highest BCUT2D eigenvalue weighted by Crippen LogP contribution is 2.13. The van der Waals surface area contributed by atoms with Crippen LogP contribution in [0.25, 0.3) is 0 Å². The molecule has 0 aliphatic carbocycles. The van der Waals surface area contributed by atoms with Crippen LogP contribution < -0.4 is 38.5 Å². The van der Waals surface area contributed by atoms with Crippen LogP contribution in [-0.4, -0.2) is 94.2 Å². The first-order chi connectivity index (χ1) is 23.2. The molecular formula is C33H48N8O8. The summed E-state index contributed by atoms with van der Waals surface area (Å²) < 4.78 is 0. The maximum atomic E-state index is 13.8. The average Bonchev–Trinajstić information content (AvgIpc) is 3.05. The number of carboxylic acid groups (broad SMARTS) is 1. The third-order valence-corrected chi connectivity index (χ3v) is 7.37. The Hall–Kier alpha value is -5.22. The lowest BCUT2D eigenvalue weighted by atomic mass is 10.0. The molecule has 0 saturated heterocycles. The minimum atomic E-state index is -1.54. The number of aliphatic hydroxyl groups excluding tert-OH is 1. The number of rotatable bonds is 20. The van der Waals surface area contributed by atoms with Crippen molar-refractivity contribution < 1.29 is 39.3 Å². The van der Waals surface area contributed by atoms with Gasteiger partial charge in [0.25, 0.3) is 0 Å². The van der Waals surface area contributed by atoms with Crippen molar-refractivity contribution >= 4 is 35.6 Å². The lowest BCUT2D eigenvalue weighted by Crippen LogP contribution is -2.60. The lowest BCUT2D eigenvalue weighted by molar-refractivity contribution is -0.143. The number of nitrogens with one attached hydrogen (secondary N) is 4. The number of nitrogens with zero attached hydrogens (tertiary/aromatic N) is 1. The molecule has 16 nitrogen and oxygen atoms in total. The number of hydrogen-bond donors (Lipinski definition) is 10. The molecule has 49 heavy (non-hydrogen) atoms. The first-order valence-electron chi connectivity index (χ1n) is 15.9. The van der Waals surface area contributed by atoms with E-state index >= 15 is 0 Å². The molecule has 4 amide bonds. The van der Waals surface area contributed by atoms with Crippen LogP contribution in [0, 0.1) is 5.92 Å². The molecule has 16 heteroatoms. The van der Waals surface area contributed by atoms with Crippen molar-refractivity contribution in [1.82, 2.24) is 21.3 Å². The number of carbonyl (C=O) groups is 5. The number of aliphatic hydroxyl groups is 1. The number of nitrogens with two attached hydrogens (primary N) is 3. The largest absolute Gasteiger partial charge is 0.508 e. The maximum Gasteiger partial charge on any atom is 0.326 e. The molecule has 268 valence electrons. The molecule has 13 N–H and O–H groups in total. The number of carbonyl (C=O) groups excluding carboxylic acids is 4. The highest BCUT2D eigenvalue weighted by molar-refractivity contribution is 5.95. The number of phenolic OH excluding ortho intramolecular Hbond substituents is 1. The number of guanidine groups is 1. The Morgan fingerprint density at radius 2 is 1.22 bits per heavy atom. The van der Waals surface area contributed by atoms with Crippen molar-refractivity contribution in [3.63, 3.8) is 0 Å². The number of carboxylic acids is 1. The van der Waals surface area contributed by atoms with Crippen LogP contribution in [0.3, 0.4) is 0 Å². The van der Waals surface area contributed by atoms with Gasteiger partial charge in [0.2, 0.25) is 23.6 Å². The number of phenols is 1. The Bertz CT molecular complexity index is 1420. The van der Waals surface area contributed by atoms with Crippen LogP contribution in [0.5, 0.6) is 5.75 Å². The van der Waals surface area contributed by atoms with E-state index in [1.165, 1.54) is 24.3 Å². The summed E-state index contributed by atoms with van der Waals surface area (Å²) in [5, 5.41) is 39.2. The van der Waals surface area contributed by atoms with Crippen LogP contribution in [0.4, 0.5) is 0 Å². The smallest absolute Gasteiger partial charge is 0.326 e. The summed E-state index contributed by atoms with van der Waals surface area (Å²) in [6.45, 7) is 2.95. The minimum Gasteiger partial charge on any atom is -0.508 e. The van der Waals surface area contributed by atoms with E-state index in [2.05, 4.69) is 26.3 Å². The second-order valence-corrected chi connectivity index (χ2v) is 12.0. The molecule has 0 aromatic heterocycles. The van der Waals surface area contributed by atoms with Gasteiger partial charge in [0.1, 0.15) is 29.9 Å². The summed E-state index contributed by atoms with van der Waals surface area (Å²) in [6, 6.07) is 8.37. The molecule has 0 bridgehead atoms. The van der Waals surface area contributed by atoms with Crippen molar-refractivity contribution in [2.75, 3.05) is 13.2 Å². The zero-order valence-electron chi connectivity index (χ0n) is 27.7. The fourth-order valence-electron chi connectivity index (χ4n) is 4.77. The second-order valence-electron chi connectivity index (χ2n) is 12.0. The zero-order chi connectivity index (χ0) is 36.5. The molecule has 5 unspecified atom stereocenters. The Labute approximate surface area is 284 Å². The van der Waals surface area contributed by atoms with E-state index in [0.717, 1.165) is 0 Å². The van der Waals surface area contributed by atoms with Crippen molar-refractivity contribution in [2.45, 2.75) is 76.2 Å². The summed E-state index contributed by atoms with van der Waals surface area (Å²) >= 11 is 0. The molecule has 2 aromatic rings. The normalized spacial score (nSPS) is 14.0. The molecule has 2 aromatic carbocycles. The number of hydrogen-bond acceptors (Lipinski definition) is 9. The van der Waals surface area contributed by atoms with Gasteiger partial charge in [-0.05, 0) is 48.4 Å². The number of amides is 4. The van der Waals surface area contributed by atoms with Gasteiger partial charge in [0.05, 0.1) is 12.6 Å². The highest BCUT2D eigenvalue weighted by atomic mass is 16.4. The van der Waals surface area contributed by atoms with Crippen LogP contribution in [0.2, 0.25) is 0 Å². The summed E-state index contributed by atoms with van der Waals surface area (Å²) in [5.41, 5.74) is 18.0. The fourth-order valence-corrected chi connectivity index (χ4v) is 4.77. The number of benzene rings is 2. The van der Waals surface area contributed by atoms with Gasteiger partial charge in [-0.15, -0.1) is 0 Å². The first-order valence-corrected chi connectivity index (χ1v) is 15.9. The van der Waals surface area contributed by atoms with E-state index in [-0.39, 0.29) is 49.9 Å². The van der Waals surface area contributed by atoms with Gasteiger partial charge in [-0.1, -0.05) is 56.3 Å². The quantitative estimate of drug-likeness (QED) is 0.0441. The van der Waals surface area contributed by atoms with Crippen molar-refractivity contribution in [3.8, 4) is 5.75 Å². The van der Waals surface area contributed by atoms with Crippen LogP contribution >= 0.6 is 0 Å². The molecule has 0 spiro atoms. The van der Waals surface area contributed by atoms with E-state index in [0.29, 0.717) is 17.5 Å². The summed E-state index contributed by atoms with van der Waals surface area (Å²) in [4.78, 5) is 68.9. The van der Waals surface area contributed by atoms with E-state index in [1.54, 1.807) is 44.2 Å². The number of aliphatic imine (C=N–C) groups is 1. The molecule has 0 fully saturated rings. The predicted molar refractivity (Wildman–Crippen MR) is 182 cm³/mol. The monoisotopic (exact) mass is 684 g/mol. The molecule has 0 aliphatic heterocycles. The third kappa shape index (κ3) is 14.6. The lowest BCUT2D eigenvalue weighted by Gasteiger charge is -2.26. The van der Waals surface area contributed by atoms with E-state index in [4.69, 9.17) is 17.2 Å². The Kier molecular flexibility index (Phi) is 16.5. The standard InChI is InChI=1S/C33H48N8O8/c1-19(2)15-26(32(48)49)40-31(47)27(18-42)41-30(46)25(17-21-10-12-22(43)13-11-21)39-29(45)24(16-20-7-4-3-5-8-20)38-28(44)23(34)9-6-14-37-33(35)36/h3-5,7-8,10-13,19,23-27,42-43H,6,9,14-18,34H2,1-2H3,(H,38,44)(H,39,45)(H,40,47)(H,41,46)(H,48,49)(H4,35,36,37). The average molecular weight is 685 g/mol. The SMILES string of the molecule is CC(C)CC(NC(=O)C(CO)NC(=O)C(Cc1ccc(O)cc1)NC(=O)C(Cc1ccccc1)NC(=O)C(N)CCCN=C(N)N)C(=O)O. The van der Waals surface area contributed by atoms with Gasteiger partial charge >= 0.3 is 5.97 Å². The van der Waals surface area contributed by atoms with Crippen LogP contribution in [0.15, 0.2) is 59.6 Å². The van der Waals surface area contributed by atoms with Crippen LogP contribution in [0.1, 0.15) is 44.2 Å². The van der Waals surface area contributed by atoms with Gasteiger partial charge in [-0.25, -0.2) is 4.79 Å². The van der Waals surface area contributed by atoms with Gasteiger partial charge in [-0.2, -0.15) is 0 Å². The van der Waals surface area contributed by atoms with Gasteiger partial charge in [0, 0.05) is 19.4 Å². The molecular weight excluding hydrogens is 636 g/mol. The van der Waals surface area contributed by atoms with Crippen molar-refractivity contribution in [3.05, 3.63) is 65.7 Å². The fraction of sp³-hybridized carbons (Fsp3) is 0.455. The Balaban J connectivity index is 2.31. The van der Waals surface area contributed by atoms with Crippen LogP contribution in [-0.2, 0) is 36.8 Å². The van der Waals surface area contributed by atoms with Gasteiger partial charge < -0.3 is 53.8 Å². The van der Waals surface area contributed by atoms with Gasteiger partial charge in [-0.3, -0.25) is 24.2 Å². The molecule has 5 atom stereocenters. The van der Waals surface area contributed by atoms with Gasteiger partial charge in [0.15, 0.2) is 5.96 Å². The van der Waals surface area contributed by atoms with Crippen molar-refractivity contribution in [2.24, 2.45) is 28.1 Å². The topological polar surface area (TPSA) is 285 Å². The number of aliphatic carboxylic acids is 1. The second kappa shape index (κ2) is 20.2. The molecule has 0 radical (unpaired) electrons. The minimum absolute atomic E-state index is 0.0274. The maximum absolute atomic E-state index is 13.8. The Morgan fingerprint density at radius 3 is 1.73 bits per heavy atom. The molecule has 0 saturated carbocycles. The predicted octanol–water partition coefficient (Wildman–Crippen LogP) is -1.38. The summed E-state index contributed by atoms with van der Waals surface area (Å²) in [5.74, 6) is -4.62. The Morgan fingerprint density at radius 1 is 0.735 bits per heavy atom. The summed E-state index contributed by atoms with van der Waals surface area (Å²) in [7, 11) is 0. The van der Waals surface area contributed by atoms with E-state index < -0.39 is 66.4 Å². The first kappa shape index (κ1) is 40.0. The highest BCUT2D eigenvalue weighted by Gasteiger charge is 2.32. The molecule has 0 aliphatic rings. The third-order valence-electron chi connectivity index (χ3n) is 7.37. The van der Waals surface area contributed by atoms with E-state index in [9.17, 15) is 39.3 Å². The van der Waals surface area contributed by atoms with Crippen molar-refractivity contribution in [1.29, 1.82) is 0 Å². The molecule has 0 heterocycles. The molecule has 2 rings (SSSR count). The zero-order valence-corrected chi connectivity index (χ0v) is 27.7.